The molecule has 0 heterocycles. The van der Waals surface area contributed by atoms with E-state index in [0.717, 1.165) is 11.1 Å². The lowest BCUT2D eigenvalue weighted by atomic mass is 10.0. The number of amides is 2. The van der Waals surface area contributed by atoms with Crippen LogP contribution in [0.15, 0.2) is 72.8 Å². The molecule has 34 heavy (non-hydrogen) atoms. The van der Waals surface area contributed by atoms with Crippen molar-refractivity contribution in [2.45, 2.75) is 45.3 Å². The van der Waals surface area contributed by atoms with Gasteiger partial charge in [-0.3, -0.25) is 9.59 Å². The predicted octanol–water partition coefficient (Wildman–Crippen LogP) is 6.35. The summed E-state index contributed by atoms with van der Waals surface area (Å²) in [4.78, 5) is 28.6. The number of rotatable bonds is 9. The summed E-state index contributed by atoms with van der Waals surface area (Å²) in [6.07, 6.45) is 0.436. The van der Waals surface area contributed by atoms with Crippen LogP contribution in [0.4, 0.5) is 0 Å². The van der Waals surface area contributed by atoms with Gasteiger partial charge in [0.15, 0.2) is 0 Å². The highest BCUT2D eigenvalue weighted by atomic mass is 35.5. The molecule has 1 N–H and O–H groups in total. The molecule has 0 saturated heterocycles. The van der Waals surface area contributed by atoms with Crippen LogP contribution in [0.2, 0.25) is 15.1 Å². The lowest BCUT2D eigenvalue weighted by Crippen LogP contribution is -2.52. The lowest BCUT2D eigenvalue weighted by molar-refractivity contribution is -0.141. The molecule has 7 heteroatoms. The Bertz CT molecular complexity index is 1120. The number of halogens is 3. The highest BCUT2D eigenvalue weighted by Gasteiger charge is 2.31. The van der Waals surface area contributed by atoms with Crippen LogP contribution in [0.1, 0.15) is 30.5 Å². The Kier molecular flexibility index (Phi) is 9.40. The number of hydrogen-bond acceptors (Lipinski definition) is 2. The molecule has 4 nitrogen and oxygen atoms in total. The van der Waals surface area contributed by atoms with E-state index in [1.807, 2.05) is 50.2 Å². The van der Waals surface area contributed by atoms with E-state index in [0.29, 0.717) is 27.1 Å². The maximum atomic E-state index is 13.7. The SMILES string of the molecule is CC(C)NC(=O)C(Cc1ccccc1)N(Cc1c(Cl)cccc1Cl)C(=O)Cc1cccc(Cl)c1. The average Bonchev–Trinajstić information content (AvgIpc) is 2.78. The van der Waals surface area contributed by atoms with Crippen LogP contribution in [0.5, 0.6) is 0 Å². The smallest absolute Gasteiger partial charge is 0.243 e. The van der Waals surface area contributed by atoms with E-state index >= 15 is 0 Å². The van der Waals surface area contributed by atoms with Crippen molar-refractivity contribution in [3.05, 3.63) is 105 Å². The maximum absolute atomic E-state index is 13.7. The predicted molar refractivity (Wildman–Crippen MR) is 139 cm³/mol. The zero-order valence-corrected chi connectivity index (χ0v) is 21.4. The van der Waals surface area contributed by atoms with Crippen molar-refractivity contribution in [3.8, 4) is 0 Å². The molecule has 1 unspecified atom stereocenters. The Morgan fingerprint density at radius 3 is 2.09 bits per heavy atom. The molecule has 2 amide bonds. The van der Waals surface area contributed by atoms with Crippen molar-refractivity contribution in [2.24, 2.45) is 0 Å². The van der Waals surface area contributed by atoms with E-state index in [-0.39, 0.29) is 30.8 Å². The standard InChI is InChI=1S/C27H27Cl3N2O2/c1-18(2)31-27(34)25(15-19-8-4-3-5-9-19)32(17-22-23(29)12-7-13-24(22)30)26(33)16-20-10-6-11-21(28)14-20/h3-14,18,25H,15-17H2,1-2H3,(H,31,34). The van der Waals surface area contributed by atoms with Gasteiger partial charge in [0, 0.05) is 39.6 Å². The van der Waals surface area contributed by atoms with E-state index in [2.05, 4.69) is 5.32 Å². The zero-order chi connectivity index (χ0) is 24.7. The fourth-order valence-corrected chi connectivity index (χ4v) is 4.44. The molecule has 3 aromatic rings. The molecular weight excluding hydrogens is 491 g/mol. The first-order valence-corrected chi connectivity index (χ1v) is 12.2. The third-order valence-electron chi connectivity index (χ3n) is 5.34. The van der Waals surface area contributed by atoms with Gasteiger partial charge in [0.2, 0.25) is 11.8 Å². The van der Waals surface area contributed by atoms with Gasteiger partial charge in [-0.2, -0.15) is 0 Å². The van der Waals surface area contributed by atoms with Crippen LogP contribution in [0, 0.1) is 0 Å². The summed E-state index contributed by atoms with van der Waals surface area (Å²) in [5.74, 6) is -0.459. The summed E-state index contributed by atoms with van der Waals surface area (Å²) >= 11 is 19.0. The summed E-state index contributed by atoms with van der Waals surface area (Å²) in [7, 11) is 0. The van der Waals surface area contributed by atoms with Crippen LogP contribution in [-0.4, -0.2) is 28.8 Å². The Morgan fingerprint density at radius 2 is 1.47 bits per heavy atom. The van der Waals surface area contributed by atoms with Gasteiger partial charge in [-0.05, 0) is 49.2 Å². The minimum Gasteiger partial charge on any atom is -0.352 e. The van der Waals surface area contributed by atoms with Crippen LogP contribution >= 0.6 is 34.8 Å². The number of hydrogen-bond donors (Lipinski definition) is 1. The van der Waals surface area contributed by atoms with Gasteiger partial charge in [-0.1, -0.05) is 83.3 Å². The average molecular weight is 518 g/mol. The van der Waals surface area contributed by atoms with E-state index in [1.54, 1.807) is 41.3 Å². The fourth-order valence-electron chi connectivity index (χ4n) is 3.71. The van der Waals surface area contributed by atoms with Crippen molar-refractivity contribution < 1.29 is 9.59 Å². The van der Waals surface area contributed by atoms with E-state index in [4.69, 9.17) is 34.8 Å². The topological polar surface area (TPSA) is 49.4 Å². The molecule has 0 aliphatic rings. The monoisotopic (exact) mass is 516 g/mol. The number of nitrogens with zero attached hydrogens (tertiary/aromatic N) is 1. The highest BCUT2D eigenvalue weighted by Crippen LogP contribution is 2.27. The zero-order valence-electron chi connectivity index (χ0n) is 19.1. The molecule has 0 radical (unpaired) electrons. The van der Waals surface area contributed by atoms with Crippen LogP contribution in [0.25, 0.3) is 0 Å². The number of nitrogens with one attached hydrogen (secondary N) is 1. The van der Waals surface area contributed by atoms with Crippen molar-refractivity contribution in [1.82, 2.24) is 10.2 Å². The first-order valence-electron chi connectivity index (χ1n) is 11.1. The molecule has 0 aliphatic heterocycles. The van der Waals surface area contributed by atoms with Crippen LogP contribution in [-0.2, 0) is 29.0 Å². The Hall–Kier alpha value is -2.53. The molecule has 0 fully saturated rings. The largest absolute Gasteiger partial charge is 0.352 e. The van der Waals surface area contributed by atoms with Gasteiger partial charge in [0.25, 0.3) is 0 Å². The fraction of sp³-hybridized carbons (Fsp3) is 0.259. The molecule has 3 rings (SSSR count). The van der Waals surface area contributed by atoms with Gasteiger partial charge in [-0.15, -0.1) is 0 Å². The summed E-state index contributed by atoms with van der Waals surface area (Å²) in [6.45, 7) is 3.88. The second-order valence-corrected chi connectivity index (χ2v) is 9.65. The molecule has 0 saturated carbocycles. The molecule has 1 atom stereocenters. The number of benzene rings is 3. The second kappa shape index (κ2) is 12.3. The molecule has 3 aromatic carbocycles. The third-order valence-corrected chi connectivity index (χ3v) is 6.28. The van der Waals surface area contributed by atoms with Crippen molar-refractivity contribution in [3.63, 3.8) is 0 Å². The first-order chi connectivity index (χ1) is 16.2. The lowest BCUT2D eigenvalue weighted by Gasteiger charge is -2.32. The molecule has 0 spiro atoms. The molecule has 0 aromatic heterocycles. The summed E-state index contributed by atoms with van der Waals surface area (Å²) in [6, 6.07) is 21.1. The van der Waals surface area contributed by atoms with Crippen molar-refractivity contribution in [2.75, 3.05) is 0 Å². The van der Waals surface area contributed by atoms with E-state index in [1.165, 1.54) is 0 Å². The summed E-state index contributed by atoms with van der Waals surface area (Å²) in [5.41, 5.74) is 2.30. The maximum Gasteiger partial charge on any atom is 0.243 e. The normalized spacial score (nSPS) is 11.8. The Morgan fingerprint density at radius 1 is 0.853 bits per heavy atom. The minimum absolute atomic E-state index is 0.0837. The molecule has 0 aliphatic carbocycles. The molecular formula is C27H27Cl3N2O2. The van der Waals surface area contributed by atoms with Crippen molar-refractivity contribution >= 4 is 46.6 Å². The Labute approximate surface area is 215 Å². The van der Waals surface area contributed by atoms with Gasteiger partial charge in [0.05, 0.1) is 6.42 Å². The van der Waals surface area contributed by atoms with E-state index < -0.39 is 6.04 Å². The molecule has 0 bridgehead atoms. The summed E-state index contributed by atoms with van der Waals surface area (Å²) in [5, 5.41) is 4.39. The first kappa shape index (κ1) is 26.1. The highest BCUT2D eigenvalue weighted by molar-refractivity contribution is 6.36. The van der Waals surface area contributed by atoms with Gasteiger partial charge < -0.3 is 10.2 Å². The van der Waals surface area contributed by atoms with Crippen LogP contribution in [0.3, 0.4) is 0 Å². The minimum atomic E-state index is -0.760. The second-order valence-electron chi connectivity index (χ2n) is 8.40. The quantitative estimate of drug-likeness (QED) is 0.359. The van der Waals surface area contributed by atoms with Gasteiger partial charge in [-0.25, -0.2) is 0 Å². The third kappa shape index (κ3) is 7.23. The summed E-state index contributed by atoms with van der Waals surface area (Å²) < 4.78 is 0. The number of carbonyl (C=O) groups excluding carboxylic acids is 2. The van der Waals surface area contributed by atoms with E-state index in [9.17, 15) is 9.59 Å². The molecule has 178 valence electrons. The van der Waals surface area contributed by atoms with Gasteiger partial charge in [0.1, 0.15) is 6.04 Å². The van der Waals surface area contributed by atoms with Crippen LogP contribution < -0.4 is 5.32 Å². The number of carbonyl (C=O) groups is 2. The Balaban J connectivity index is 2.02. The van der Waals surface area contributed by atoms with Crippen molar-refractivity contribution in [1.29, 1.82) is 0 Å². The van der Waals surface area contributed by atoms with Gasteiger partial charge >= 0.3 is 0 Å².